The molecule has 0 bridgehead atoms. The maximum Gasteiger partial charge on any atom is 0.307 e. The molecule has 2 aliphatic heterocycles. The molecule has 1 N–H and O–H groups in total. The van der Waals surface area contributed by atoms with Crippen LogP contribution < -0.4 is 4.90 Å². The van der Waals surface area contributed by atoms with Crippen molar-refractivity contribution in [3.05, 3.63) is 107 Å². The zero-order valence-corrected chi connectivity index (χ0v) is 18.3. The highest BCUT2D eigenvalue weighted by Crippen LogP contribution is 2.58. The van der Waals surface area contributed by atoms with Crippen molar-refractivity contribution < 1.29 is 14.7 Å². The molecule has 6 heteroatoms. The van der Waals surface area contributed by atoms with Gasteiger partial charge >= 0.3 is 5.97 Å². The smallest absolute Gasteiger partial charge is 0.307 e. The van der Waals surface area contributed by atoms with Crippen LogP contribution >= 0.6 is 0 Å². The number of anilines is 1. The van der Waals surface area contributed by atoms with Crippen LogP contribution in [0.3, 0.4) is 0 Å². The Hall–Kier alpha value is -4.63. The molecule has 1 atom stereocenters. The number of nitrogens with zero attached hydrogens (tertiary/aromatic N) is 3. The third-order valence-electron chi connectivity index (χ3n) is 6.95. The average Bonchev–Trinajstić information content (AvgIpc) is 3.42. The van der Waals surface area contributed by atoms with Gasteiger partial charge in [-0.15, -0.1) is 0 Å². The van der Waals surface area contributed by atoms with Crippen molar-refractivity contribution in [1.82, 2.24) is 4.57 Å². The Bertz CT molecular complexity index is 1610. The van der Waals surface area contributed by atoms with Crippen LogP contribution in [0.1, 0.15) is 22.4 Å². The molecule has 6 nitrogen and oxygen atoms in total. The lowest BCUT2D eigenvalue weighted by Crippen LogP contribution is -2.40. The minimum atomic E-state index is -1.42. The Morgan fingerprint density at radius 2 is 1.68 bits per heavy atom. The van der Waals surface area contributed by atoms with Gasteiger partial charge < -0.3 is 14.6 Å². The van der Waals surface area contributed by atoms with Gasteiger partial charge in [-0.25, -0.2) is 0 Å². The van der Waals surface area contributed by atoms with E-state index in [2.05, 4.69) is 6.07 Å². The first-order valence-corrected chi connectivity index (χ1v) is 10.9. The minimum Gasteiger partial charge on any atom is -0.481 e. The summed E-state index contributed by atoms with van der Waals surface area (Å²) in [7, 11) is 1.70. The van der Waals surface area contributed by atoms with E-state index in [0.29, 0.717) is 33.8 Å². The molecule has 1 spiro atoms. The SMILES string of the molecule is CN1C(=O)C2(C(C#N)=C(c3ccccc3)n3c2c(CC(=O)O)c2ccccc23)c2ccccc21. The Morgan fingerprint density at radius 1 is 1.00 bits per heavy atom. The number of nitriles is 1. The number of carbonyl (C=O) groups excluding carboxylic acids is 1. The predicted octanol–water partition coefficient (Wildman–Crippen LogP) is 4.33. The first kappa shape index (κ1) is 20.0. The quantitative estimate of drug-likeness (QED) is 0.509. The highest BCUT2D eigenvalue weighted by molar-refractivity contribution is 6.17. The van der Waals surface area contributed by atoms with E-state index < -0.39 is 11.4 Å². The molecule has 3 aromatic carbocycles. The zero-order chi connectivity index (χ0) is 23.6. The monoisotopic (exact) mass is 445 g/mol. The molecule has 0 aliphatic carbocycles. The highest BCUT2D eigenvalue weighted by atomic mass is 16.4. The van der Waals surface area contributed by atoms with E-state index in [-0.39, 0.29) is 12.3 Å². The largest absolute Gasteiger partial charge is 0.481 e. The summed E-state index contributed by atoms with van der Waals surface area (Å²) in [5, 5.41) is 21.2. The minimum absolute atomic E-state index is 0.258. The number of carboxylic acid groups (broad SMARTS) is 1. The molecule has 0 fully saturated rings. The van der Waals surface area contributed by atoms with Crippen molar-refractivity contribution in [1.29, 1.82) is 5.26 Å². The number of aliphatic carboxylic acids is 1. The standard InChI is InChI=1S/C28H19N3O3/c1-30-23-14-8-6-12-20(23)28(27(30)34)21(16-29)25(17-9-3-2-4-10-17)31-22-13-7-5-11-18(22)19(26(28)31)15-24(32)33/h2-14H,15H2,1H3,(H,32,33). The molecule has 4 aromatic rings. The number of aromatic nitrogens is 1. The molecule has 2 aliphatic rings. The highest BCUT2D eigenvalue weighted by Gasteiger charge is 2.61. The van der Waals surface area contributed by atoms with Gasteiger partial charge in [0.15, 0.2) is 5.41 Å². The molecule has 34 heavy (non-hydrogen) atoms. The number of fused-ring (bicyclic) bond motifs is 6. The van der Waals surface area contributed by atoms with Crippen LogP contribution in [-0.4, -0.2) is 28.6 Å². The van der Waals surface area contributed by atoms with Gasteiger partial charge in [0, 0.05) is 23.7 Å². The van der Waals surface area contributed by atoms with Crippen molar-refractivity contribution in [2.24, 2.45) is 0 Å². The Balaban J connectivity index is 1.88. The van der Waals surface area contributed by atoms with E-state index in [0.717, 1.165) is 16.5 Å². The van der Waals surface area contributed by atoms with Crippen LogP contribution in [0.4, 0.5) is 5.69 Å². The molecule has 164 valence electrons. The summed E-state index contributed by atoms with van der Waals surface area (Å²) < 4.78 is 1.94. The fourth-order valence-corrected chi connectivity index (χ4v) is 5.71. The normalized spacial score (nSPS) is 18.5. The molecule has 0 saturated carbocycles. The van der Waals surface area contributed by atoms with E-state index in [1.54, 1.807) is 11.9 Å². The molecule has 1 aromatic heterocycles. The van der Waals surface area contributed by atoms with Crippen molar-refractivity contribution in [2.45, 2.75) is 11.8 Å². The second-order valence-corrected chi connectivity index (χ2v) is 8.58. The molecule has 0 radical (unpaired) electrons. The number of rotatable bonds is 3. The van der Waals surface area contributed by atoms with E-state index >= 15 is 0 Å². The Morgan fingerprint density at radius 3 is 2.41 bits per heavy atom. The van der Waals surface area contributed by atoms with Gasteiger partial charge in [0.05, 0.1) is 35.0 Å². The maximum absolute atomic E-state index is 14.2. The number of para-hydroxylation sites is 2. The summed E-state index contributed by atoms with van der Waals surface area (Å²) >= 11 is 0. The van der Waals surface area contributed by atoms with Gasteiger partial charge in [0.2, 0.25) is 5.91 Å². The molecule has 0 saturated heterocycles. The van der Waals surface area contributed by atoms with Crippen molar-refractivity contribution in [2.75, 3.05) is 11.9 Å². The number of hydrogen-bond donors (Lipinski definition) is 1. The first-order valence-electron chi connectivity index (χ1n) is 10.9. The summed E-state index contributed by atoms with van der Waals surface area (Å²) in [6.07, 6.45) is -0.259. The van der Waals surface area contributed by atoms with Gasteiger partial charge in [-0.2, -0.15) is 5.26 Å². The lowest BCUT2D eigenvalue weighted by atomic mass is 9.72. The van der Waals surface area contributed by atoms with Gasteiger partial charge in [-0.05, 0) is 23.3 Å². The number of carbonyl (C=O) groups is 2. The van der Waals surface area contributed by atoms with Crippen LogP contribution in [0.15, 0.2) is 84.4 Å². The van der Waals surface area contributed by atoms with Gasteiger partial charge in [-0.3, -0.25) is 9.59 Å². The fraction of sp³-hybridized carbons (Fsp3) is 0.107. The molecule has 1 unspecified atom stereocenters. The molecule has 6 rings (SSSR count). The van der Waals surface area contributed by atoms with Gasteiger partial charge in [-0.1, -0.05) is 66.7 Å². The van der Waals surface area contributed by atoms with Crippen molar-refractivity contribution >= 4 is 34.2 Å². The Labute approximate surface area is 195 Å². The van der Waals surface area contributed by atoms with Crippen LogP contribution in [0, 0.1) is 11.3 Å². The van der Waals surface area contributed by atoms with Gasteiger partial charge in [0.1, 0.15) is 0 Å². The zero-order valence-electron chi connectivity index (χ0n) is 18.3. The van der Waals surface area contributed by atoms with E-state index in [1.165, 1.54) is 0 Å². The number of amides is 1. The second kappa shape index (κ2) is 6.93. The first-order chi connectivity index (χ1) is 16.5. The summed E-state index contributed by atoms with van der Waals surface area (Å²) in [4.78, 5) is 27.8. The van der Waals surface area contributed by atoms with Crippen molar-refractivity contribution in [3.8, 4) is 6.07 Å². The topological polar surface area (TPSA) is 86.3 Å². The fourth-order valence-electron chi connectivity index (χ4n) is 5.71. The third kappa shape index (κ3) is 2.28. The number of benzene rings is 3. The summed E-state index contributed by atoms with van der Waals surface area (Å²) in [6, 6.07) is 26.9. The molecule has 1 amide bonds. The van der Waals surface area contributed by atoms with E-state index in [4.69, 9.17) is 0 Å². The lowest BCUT2D eigenvalue weighted by Gasteiger charge is -2.25. The van der Waals surface area contributed by atoms with Crippen LogP contribution in [-0.2, 0) is 21.4 Å². The molecule has 3 heterocycles. The second-order valence-electron chi connectivity index (χ2n) is 8.58. The van der Waals surface area contributed by atoms with E-state index in [1.807, 2.05) is 83.4 Å². The van der Waals surface area contributed by atoms with Crippen LogP contribution in [0.2, 0.25) is 0 Å². The lowest BCUT2D eigenvalue weighted by molar-refractivity contribution is -0.136. The predicted molar refractivity (Wildman–Crippen MR) is 128 cm³/mol. The van der Waals surface area contributed by atoms with Crippen molar-refractivity contribution in [3.63, 3.8) is 0 Å². The average molecular weight is 445 g/mol. The maximum atomic E-state index is 14.2. The third-order valence-corrected chi connectivity index (χ3v) is 6.95. The molecular weight excluding hydrogens is 426 g/mol. The number of likely N-dealkylation sites (N-methyl/N-ethyl adjacent to an activating group) is 1. The Kier molecular flexibility index (Phi) is 4.08. The summed E-state index contributed by atoms with van der Waals surface area (Å²) in [5.41, 5.74) is 3.59. The summed E-state index contributed by atoms with van der Waals surface area (Å²) in [6.45, 7) is 0. The van der Waals surface area contributed by atoms with E-state index in [9.17, 15) is 20.0 Å². The number of hydrogen-bond acceptors (Lipinski definition) is 3. The van der Waals surface area contributed by atoms with Gasteiger partial charge in [0.25, 0.3) is 0 Å². The summed E-state index contributed by atoms with van der Waals surface area (Å²) in [5.74, 6) is -1.25. The molecular formula is C28H19N3O3. The van der Waals surface area contributed by atoms with Crippen LogP contribution in [0.5, 0.6) is 0 Å². The number of carboxylic acids is 1. The van der Waals surface area contributed by atoms with Crippen LogP contribution in [0.25, 0.3) is 16.6 Å².